The lowest BCUT2D eigenvalue weighted by Crippen LogP contribution is -2.28. The maximum absolute atomic E-state index is 12.0. The molecule has 1 heterocycles. The molecule has 0 aliphatic rings. The summed E-state index contributed by atoms with van der Waals surface area (Å²) in [5.74, 6) is 0.584. The van der Waals surface area contributed by atoms with E-state index in [1.165, 1.54) is 4.68 Å². The van der Waals surface area contributed by atoms with Gasteiger partial charge in [-0.3, -0.25) is 4.79 Å². The number of hydrogen-bond acceptors (Lipinski definition) is 3. The van der Waals surface area contributed by atoms with Gasteiger partial charge in [-0.15, -0.1) is 0 Å². The molecule has 4 nitrogen and oxygen atoms in total. The molecule has 0 saturated carbocycles. The van der Waals surface area contributed by atoms with E-state index in [0.29, 0.717) is 5.92 Å². The number of aryl methyl sites for hydroxylation is 1. The van der Waals surface area contributed by atoms with Crippen LogP contribution in [0.15, 0.2) is 29.1 Å². The summed E-state index contributed by atoms with van der Waals surface area (Å²) in [5, 5.41) is 9.55. The first kappa shape index (κ1) is 13.7. The average Bonchev–Trinajstić information content (AvgIpc) is 2.40. The number of fused-ring (bicyclic) bond motifs is 1. The van der Waals surface area contributed by atoms with Crippen LogP contribution in [-0.2, 0) is 7.05 Å². The van der Waals surface area contributed by atoms with Crippen molar-refractivity contribution in [2.24, 2.45) is 13.0 Å². The molecule has 1 atom stereocenters. The van der Waals surface area contributed by atoms with Gasteiger partial charge in [0, 0.05) is 18.5 Å². The fourth-order valence-electron chi connectivity index (χ4n) is 2.16. The van der Waals surface area contributed by atoms with E-state index >= 15 is 0 Å². The molecule has 2 aromatic rings. The van der Waals surface area contributed by atoms with E-state index in [2.05, 4.69) is 31.2 Å². The third-order valence-corrected chi connectivity index (χ3v) is 3.23. The minimum Gasteiger partial charge on any atom is -0.309 e. The minimum atomic E-state index is -0.0459. The van der Waals surface area contributed by atoms with Gasteiger partial charge in [0.25, 0.3) is 5.56 Å². The second-order valence-corrected chi connectivity index (χ2v) is 5.38. The summed E-state index contributed by atoms with van der Waals surface area (Å²) in [5.41, 5.74) is 0.883. The van der Waals surface area contributed by atoms with Gasteiger partial charge in [0.1, 0.15) is 0 Å². The molecule has 1 N–H and O–H groups in total. The van der Waals surface area contributed by atoms with Crippen LogP contribution in [0.3, 0.4) is 0 Å². The van der Waals surface area contributed by atoms with Crippen molar-refractivity contribution in [1.82, 2.24) is 15.1 Å². The first-order valence-corrected chi connectivity index (χ1v) is 6.70. The van der Waals surface area contributed by atoms with Crippen molar-refractivity contribution in [3.8, 4) is 0 Å². The van der Waals surface area contributed by atoms with Gasteiger partial charge in [0.05, 0.1) is 11.1 Å². The molecular weight excluding hydrogens is 238 g/mol. The van der Waals surface area contributed by atoms with Crippen molar-refractivity contribution in [3.63, 3.8) is 0 Å². The zero-order valence-electron chi connectivity index (χ0n) is 12.0. The van der Waals surface area contributed by atoms with Gasteiger partial charge in [0.15, 0.2) is 0 Å². The Morgan fingerprint density at radius 1 is 1.21 bits per heavy atom. The molecule has 102 valence electrons. The molecule has 4 heteroatoms. The summed E-state index contributed by atoms with van der Waals surface area (Å²) in [4.78, 5) is 12.0. The van der Waals surface area contributed by atoms with Crippen molar-refractivity contribution in [2.45, 2.75) is 26.8 Å². The van der Waals surface area contributed by atoms with Gasteiger partial charge in [-0.25, -0.2) is 4.68 Å². The Morgan fingerprint density at radius 2 is 1.84 bits per heavy atom. The maximum atomic E-state index is 12.0. The Kier molecular flexibility index (Phi) is 4.00. The Hall–Kier alpha value is -1.68. The van der Waals surface area contributed by atoms with Crippen molar-refractivity contribution in [3.05, 3.63) is 40.3 Å². The van der Waals surface area contributed by atoms with Crippen molar-refractivity contribution >= 4 is 10.8 Å². The largest absolute Gasteiger partial charge is 0.309 e. The second-order valence-electron chi connectivity index (χ2n) is 5.38. The summed E-state index contributed by atoms with van der Waals surface area (Å²) in [7, 11) is 1.70. The molecule has 0 fully saturated rings. The molecule has 19 heavy (non-hydrogen) atoms. The zero-order valence-corrected chi connectivity index (χ0v) is 12.0. The van der Waals surface area contributed by atoms with Crippen molar-refractivity contribution in [2.75, 3.05) is 6.54 Å². The summed E-state index contributed by atoms with van der Waals surface area (Å²) >= 11 is 0. The molecule has 0 unspecified atom stereocenters. The molecule has 0 spiro atoms. The SMILES string of the molecule is CC(C)CN[C@H](C)c1nn(C)c(=O)c2ccccc12. The van der Waals surface area contributed by atoms with Gasteiger partial charge >= 0.3 is 0 Å². The third kappa shape index (κ3) is 2.84. The van der Waals surface area contributed by atoms with Gasteiger partial charge in [-0.05, 0) is 25.5 Å². The van der Waals surface area contributed by atoms with Crippen LogP contribution in [0.2, 0.25) is 0 Å². The fraction of sp³-hybridized carbons (Fsp3) is 0.467. The van der Waals surface area contributed by atoms with Crippen LogP contribution in [-0.4, -0.2) is 16.3 Å². The molecule has 0 aliphatic heterocycles. The van der Waals surface area contributed by atoms with Gasteiger partial charge in [0.2, 0.25) is 0 Å². The predicted octanol–water partition coefficient (Wildman–Crippen LogP) is 2.24. The highest BCUT2D eigenvalue weighted by Crippen LogP contribution is 2.19. The standard InChI is InChI=1S/C15H21N3O/c1-10(2)9-16-11(3)14-12-7-5-6-8-13(12)15(19)18(4)17-14/h5-8,10-11,16H,9H2,1-4H3/t11-/m1/s1. The predicted molar refractivity (Wildman–Crippen MR) is 78.2 cm³/mol. The van der Waals surface area contributed by atoms with Crippen molar-refractivity contribution < 1.29 is 0 Å². The third-order valence-electron chi connectivity index (χ3n) is 3.23. The lowest BCUT2D eigenvalue weighted by molar-refractivity contribution is 0.483. The fourth-order valence-corrected chi connectivity index (χ4v) is 2.16. The first-order valence-electron chi connectivity index (χ1n) is 6.70. The first-order chi connectivity index (χ1) is 9.00. The van der Waals surface area contributed by atoms with E-state index in [-0.39, 0.29) is 11.6 Å². The molecule has 0 amide bonds. The summed E-state index contributed by atoms with van der Waals surface area (Å²) in [6.45, 7) is 7.36. The molecule has 1 aromatic heterocycles. The number of hydrogen-bond donors (Lipinski definition) is 1. The summed E-state index contributed by atoms with van der Waals surface area (Å²) in [6.07, 6.45) is 0. The normalized spacial score (nSPS) is 13.1. The number of nitrogens with zero attached hydrogens (tertiary/aromatic N) is 2. The summed E-state index contributed by atoms with van der Waals surface area (Å²) < 4.78 is 1.42. The molecule has 1 aromatic carbocycles. The molecule has 0 saturated heterocycles. The number of benzene rings is 1. The van der Waals surface area contributed by atoms with E-state index in [1.807, 2.05) is 24.3 Å². The van der Waals surface area contributed by atoms with E-state index in [1.54, 1.807) is 7.05 Å². The van der Waals surface area contributed by atoms with Gasteiger partial charge in [-0.1, -0.05) is 32.0 Å². The van der Waals surface area contributed by atoms with E-state index in [9.17, 15) is 4.79 Å². The smallest absolute Gasteiger partial charge is 0.274 e. The van der Waals surface area contributed by atoms with Crippen LogP contribution >= 0.6 is 0 Å². The van der Waals surface area contributed by atoms with Crippen LogP contribution < -0.4 is 10.9 Å². The Labute approximate surface area is 113 Å². The topological polar surface area (TPSA) is 46.9 Å². The molecule has 0 bridgehead atoms. The summed E-state index contributed by atoms with van der Waals surface area (Å²) in [6, 6.07) is 7.78. The van der Waals surface area contributed by atoms with Crippen LogP contribution in [0.25, 0.3) is 10.8 Å². The van der Waals surface area contributed by atoms with E-state index in [4.69, 9.17) is 0 Å². The Morgan fingerprint density at radius 3 is 2.47 bits per heavy atom. The molecule has 2 rings (SSSR count). The van der Waals surface area contributed by atoms with Gasteiger partial charge < -0.3 is 5.32 Å². The lowest BCUT2D eigenvalue weighted by Gasteiger charge is -2.17. The van der Waals surface area contributed by atoms with Crippen LogP contribution in [0.1, 0.15) is 32.5 Å². The van der Waals surface area contributed by atoms with Crippen LogP contribution in [0.5, 0.6) is 0 Å². The average molecular weight is 259 g/mol. The maximum Gasteiger partial charge on any atom is 0.274 e. The van der Waals surface area contributed by atoms with E-state index in [0.717, 1.165) is 23.0 Å². The zero-order chi connectivity index (χ0) is 14.0. The van der Waals surface area contributed by atoms with E-state index < -0.39 is 0 Å². The second kappa shape index (κ2) is 5.53. The van der Waals surface area contributed by atoms with Crippen LogP contribution in [0, 0.1) is 5.92 Å². The molecule has 0 aliphatic carbocycles. The number of aromatic nitrogens is 2. The van der Waals surface area contributed by atoms with Crippen LogP contribution in [0.4, 0.5) is 0 Å². The molecule has 0 radical (unpaired) electrons. The highest BCUT2D eigenvalue weighted by Gasteiger charge is 2.14. The quantitative estimate of drug-likeness (QED) is 0.916. The Balaban J connectivity index is 2.48. The van der Waals surface area contributed by atoms with Crippen molar-refractivity contribution in [1.29, 1.82) is 0 Å². The Bertz CT molecular complexity index is 631. The molecular formula is C15H21N3O. The monoisotopic (exact) mass is 259 g/mol. The number of nitrogens with one attached hydrogen (secondary N) is 1. The van der Waals surface area contributed by atoms with Gasteiger partial charge in [-0.2, -0.15) is 5.10 Å². The minimum absolute atomic E-state index is 0.0459. The number of rotatable bonds is 4. The lowest BCUT2D eigenvalue weighted by atomic mass is 10.1. The highest BCUT2D eigenvalue weighted by atomic mass is 16.1. The highest BCUT2D eigenvalue weighted by molar-refractivity contribution is 5.83.